The van der Waals surface area contributed by atoms with Crippen LogP contribution in [0.4, 0.5) is 0 Å². The van der Waals surface area contributed by atoms with E-state index in [0.29, 0.717) is 0 Å². The van der Waals surface area contributed by atoms with Crippen LogP contribution in [0.5, 0.6) is 0 Å². The van der Waals surface area contributed by atoms with Crippen molar-refractivity contribution in [3.63, 3.8) is 0 Å². The molecule has 3 fully saturated rings. The summed E-state index contributed by atoms with van der Waals surface area (Å²) in [6.07, 6.45) is 10.1. The van der Waals surface area contributed by atoms with Gasteiger partial charge in [0, 0.05) is 31.2 Å². The lowest BCUT2D eigenvalue weighted by molar-refractivity contribution is 0.0381. The van der Waals surface area contributed by atoms with Crippen LogP contribution in [-0.2, 0) is 0 Å². The normalized spacial score (nSPS) is 36.3. The lowest BCUT2D eigenvalue weighted by Crippen LogP contribution is -2.61. The first-order valence-corrected chi connectivity index (χ1v) is 8.91. The minimum Gasteiger partial charge on any atom is -0.311 e. The van der Waals surface area contributed by atoms with Gasteiger partial charge in [0.1, 0.15) is 0 Å². The largest absolute Gasteiger partial charge is 0.311 e. The minimum atomic E-state index is 0.725. The number of piperazine rings is 1. The number of hydrogen-bond acceptors (Lipinski definition) is 3. The van der Waals surface area contributed by atoms with Gasteiger partial charge in [-0.1, -0.05) is 19.3 Å². The van der Waals surface area contributed by atoms with Gasteiger partial charge in [-0.3, -0.25) is 4.90 Å². The van der Waals surface area contributed by atoms with Crippen LogP contribution in [0.3, 0.4) is 0 Å². The fourth-order valence-electron chi connectivity index (χ4n) is 4.60. The van der Waals surface area contributed by atoms with Gasteiger partial charge in [0.2, 0.25) is 0 Å². The third-order valence-corrected chi connectivity index (χ3v) is 6.03. The molecule has 3 rings (SSSR count). The van der Waals surface area contributed by atoms with E-state index < -0.39 is 0 Å². The molecule has 0 aromatic carbocycles. The summed E-state index contributed by atoms with van der Waals surface area (Å²) in [6, 6.07) is 2.34. The third-order valence-electron chi connectivity index (χ3n) is 6.03. The number of nitrogens with one attached hydrogen (secondary N) is 1. The van der Waals surface area contributed by atoms with Crippen molar-refractivity contribution in [1.82, 2.24) is 15.1 Å². The van der Waals surface area contributed by atoms with E-state index in [1.165, 1.54) is 71.1 Å². The van der Waals surface area contributed by atoms with E-state index in [0.717, 1.165) is 24.0 Å². The van der Waals surface area contributed by atoms with Gasteiger partial charge in [-0.25, -0.2) is 0 Å². The van der Waals surface area contributed by atoms with Gasteiger partial charge in [0.15, 0.2) is 0 Å². The minimum absolute atomic E-state index is 0.725. The predicted octanol–water partition coefficient (Wildman–Crippen LogP) is 2.32. The molecular weight excluding hydrogens is 246 g/mol. The Hall–Kier alpha value is -0.120. The van der Waals surface area contributed by atoms with E-state index in [-0.39, 0.29) is 0 Å². The van der Waals surface area contributed by atoms with E-state index in [9.17, 15) is 0 Å². The Morgan fingerprint density at radius 2 is 1.65 bits per heavy atom. The van der Waals surface area contributed by atoms with Crippen molar-refractivity contribution in [1.29, 1.82) is 0 Å². The topological polar surface area (TPSA) is 18.5 Å². The Morgan fingerprint density at radius 3 is 2.35 bits per heavy atom. The number of piperidine rings is 1. The first-order valence-electron chi connectivity index (χ1n) is 8.91. The molecule has 2 heterocycles. The van der Waals surface area contributed by atoms with E-state index >= 15 is 0 Å². The molecular formula is C17H33N3. The average Bonchev–Trinajstić information content (AvgIpc) is 2.50. The van der Waals surface area contributed by atoms with Crippen molar-refractivity contribution < 1.29 is 0 Å². The molecule has 2 unspecified atom stereocenters. The summed E-state index contributed by atoms with van der Waals surface area (Å²) in [6.45, 7) is 7.50. The van der Waals surface area contributed by atoms with Crippen molar-refractivity contribution in [3.05, 3.63) is 0 Å². The Labute approximate surface area is 125 Å². The molecule has 3 aliphatic rings. The maximum atomic E-state index is 3.86. The standard InChI is InChI=1S/C17H33N3/c1-14-12-18-17(15-6-4-3-5-7-15)13-20(14)16-8-10-19(2)11-9-16/h14-18H,3-13H2,1-2H3. The summed E-state index contributed by atoms with van der Waals surface area (Å²) in [4.78, 5) is 5.34. The highest BCUT2D eigenvalue weighted by atomic mass is 15.3. The molecule has 0 bridgehead atoms. The molecule has 0 radical (unpaired) electrons. The van der Waals surface area contributed by atoms with Crippen molar-refractivity contribution >= 4 is 0 Å². The van der Waals surface area contributed by atoms with E-state index in [4.69, 9.17) is 0 Å². The van der Waals surface area contributed by atoms with Gasteiger partial charge in [-0.2, -0.15) is 0 Å². The van der Waals surface area contributed by atoms with Gasteiger partial charge in [-0.05, 0) is 58.7 Å². The lowest BCUT2D eigenvalue weighted by atomic mass is 9.82. The maximum absolute atomic E-state index is 3.86. The van der Waals surface area contributed by atoms with Crippen molar-refractivity contribution in [3.8, 4) is 0 Å². The SMILES string of the molecule is CC1CNC(C2CCCCC2)CN1C1CCN(C)CC1. The highest BCUT2D eigenvalue weighted by Crippen LogP contribution is 2.30. The van der Waals surface area contributed by atoms with Crippen LogP contribution in [0.15, 0.2) is 0 Å². The van der Waals surface area contributed by atoms with E-state index in [2.05, 4.69) is 29.1 Å². The smallest absolute Gasteiger partial charge is 0.0224 e. The average molecular weight is 279 g/mol. The van der Waals surface area contributed by atoms with Crippen LogP contribution >= 0.6 is 0 Å². The van der Waals surface area contributed by atoms with Crippen molar-refractivity contribution in [2.24, 2.45) is 5.92 Å². The zero-order valence-electron chi connectivity index (χ0n) is 13.5. The van der Waals surface area contributed by atoms with Gasteiger partial charge >= 0.3 is 0 Å². The molecule has 1 saturated carbocycles. The summed E-state index contributed by atoms with van der Waals surface area (Å²) in [7, 11) is 2.27. The highest BCUT2D eigenvalue weighted by Gasteiger charge is 2.35. The Balaban J connectivity index is 1.58. The molecule has 116 valence electrons. The second-order valence-electron chi connectivity index (χ2n) is 7.49. The second kappa shape index (κ2) is 6.76. The summed E-state index contributed by atoms with van der Waals surface area (Å²) in [5.74, 6) is 0.949. The Kier molecular flexibility index (Phi) is 5.00. The van der Waals surface area contributed by atoms with Crippen molar-refractivity contribution in [2.45, 2.75) is 70.0 Å². The van der Waals surface area contributed by atoms with Crippen LogP contribution in [0, 0.1) is 5.92 Å². The fourth-order valence-corrected chi connectivity index (χ4v) is 4.60. The molecule has 3 nitrogen and oxygen atoms in total. The fraction of sp³-hybridized carbons (Fsp3) is 1.00. The molecule has 0 spiro atoms. The molecule has 1 aliphatic carbocycles. The van der Waals surface area contributed by atoms with Gasteiger partial charge in [0.25, 0.3) is 0 Å². The molecule has 2 aliphatic heterocycles. The molecule has 2 saturated heterocycles. The summed E-state index contributed by atoms with van der Waals surface area (Å²) < 4.78 is 0. The predicted molar refractivity (Wildman–Crippen MR) is 85.1 cm³/mol. The molecule has 3 heteroatoms. The molecule has 2 atom stereocenters. The maximum Gasteiger partial charge on any atom is 0.0224 e. The second-order valence-corrected chi connectivity index (χ2v) is 7.49. The van der Waals surface area contributed by atoms with E-state index in [1.807, 2.05) is 0 Å². The molecule has 20 heavy (non-hydrogen) atoms. The van der Waals surface area contributed by atoms with Gasteiger partial charge in [0.05, 0.1) is 0 Å². The summed E-state index contributed by atoms with van der Waals surface area (Å²) >= 11 is 0. The molecule has 0 amide bonds. The Bertz CT molecular complexity index is 293. The number of likely N-dealkylation sites (tertiary alicyclic amines) is 1. The van der Waals surface area contributed by atoms with Gasteiger partial charge in [-0.15, -0.1) is 0 Å². The first kappa shape index (κ1) is 14.8. The van der Waals surface area contributed by atoms with E-state index in [1.54, 1.807) is 0 Å². The quantitative estimate of drug-likeness (QED) is 0.837. The first-order chi connectivity index (χ1) is 9.74. The Morgan fingerprint density at radius 1 is 0.950 bits per heavy atom. The monoisotopic (exact) mass is 279 g/mol. The van der Waals surface area contributed by atoms with Crippen LogP contribution < -0.4 is 5.32 Å². The van der Waals surface area contributed by atoms with Crippen molar-refractivity contribution in [2.75, 3.05) is 33.2 Å². The molecule has 1 N–H and O–H groups in total. The number of rotatable bonds is 2. The number of nitrogens with zero attached hydrogens (tertiary/aromatic N) is 2. The molecule has 0 aromatic rings. The lowest BCUT2D eigenvalue weighted by Gasteiger charge is -2.48. The summed E-state index contributed by atoms with van der Waals surface area (Å²) in [5.41, 5.74) is 0. The third kappa shape index (κ3) is 3.37. The van der Waals surface area contributed by atoms with Crippen LogP contribution in [0.2, 0.25) is 0 Å². The van der Waals surface area contributed by atoms with Crippen LogP contribution in [0.1, 0.15) is 51.9 Å². The van der Waals surface area contributed by atoms with Crippen LogP contribution in [0.25, 0.3) is 0 Å². The summed E-state index contributed by atoms with van der Waals surface area (Å²) in [5, 5.41) is 3.86. The zero-order chi connectivity index (χ0) is 13.9. The van der Waals surface area contributed by atoms with Gasteiger partial charge < -0.3 is 10.2 Å². The highest BCUT2D eigenvalue weighted by molar-refractivity contribution is 4.93. The number of hydrogen-bond donors (Lipinski definition) is 1. The zero-order valence-corrected chi connectivity index (χ0v) is 13.5. The van der Waals surface area contributed by atoms with Crippen LogP contribution in [-0.4, -0.2) is 61.2 Å². The molecule has 0 aromatic heterocycles.